The number of anilines is 1. The highest BCUT2D eigenvalue weighted by atomic mass is 35.5. The summed E-state index contributed by atoms with van der Waals surface area (Å²) in [5, 5.41) is 6.25. The summed E-state index contributed by atoms with van der Waals surface area (Å²) in [7, 11) is 0. The Morgan fingerprint density at radius 2 is 1.77 bits per heavy atom. The van der Waals surface area contributed by atoms with Crippen molar-refractivity contribution in [1.82, 2.24) is 10.3 Å². The van der Waals surface area contributed by atoms with Crippen LogP contribution in [0.2, 0.25) is 5.02 Å². The van der Waals surface area contributed by atoms with Crippen LogP contribution in [0.3, 0.4) is 0 Å². The van der Waals surface area contributed by atoms with Crippen molar-refractivity contribution in [2.45, 2.75) is 13.2 Å². The average Bonchev–Trinajstić information content (AvgIpc) is 2.68. The first kappa shape index (κ1) is 17.8. The second kappa shape index (κ2) is 8.87. The molecule has 0 saturated carbocycles. The maximum Gasteiger partial charge on any atom is 0.319 e. The molecule has 0 aliphatic carbocycles. The van der Waals surface area contributed by atoms with Gasteiger partial charge in [-0.25, -0.2) is 4.79 Å². The molecular weight excluding hydrogens is 350 g/mol. The Morgan fingerprint density at radius 3 is 2.46 bits per heavy atom. The van der Waals surface area contributed by atoms with Crippen LogP contribution in [0.1, 0.15) is 11.3 Å². The van der Waals surface area contributed by atoms with Crippen LogP contribution >= 0.6 is 11.6 Å². The quantitative estimate of drug-likeness (QED) is 0.667. The van der Waals surface area contributed by atoms with Crippen molar-refractivity contribution in [3.8, 4) is 5.75 Å². The van der Waals surface area contributed by atoms with Crippen LogP contribution < -0.4 is 15.4 Å². The summed E-state index contributed by atoms with van der Waals surface area (Å²) in [5.74, 6) is 0.711. The maximum absolute atomic E-state index is 12.0. The molecule has 6 heteroatoms. The Labute approximate surface area is 157 Å². The van der Waals surface area contributed by atoms with Gasteiger partial charge in [0.1, 0.15) is 12.4 Å². The smallest absolute Gasteiger partial charge is 0.319 e. The summed E-state index contributed by atoms with van der Waals surface area (Å²) < 4.78 is 5.67. The van der Waals surface area contributed by atoms with Crippen LogP contribution in [0.15, 0.2) is 72.9 Å². The maximum atomic E-state index is 12.0. The Bertz CT molecular complexity index is 837. The molecule has 2 aromatic carbocycles. The van der Waals surface area contributed by atoms with Gasteiger partial charge in [-0.3, -0.25) is 4.98 Å². The minimum Gasteiger partial charge on any atom is -0.487 e. The predicted octanol–water partition coefficient (Wildman–Crippen LogP) is 4.64. The predicted molar refractivity (Wildman–Crippen MR) is 102 cm³/mol. The summed E-state index contributed by atoms with van der Waals surface area (Å²) in [5.41, 5.74) is 2.52. The number of nitrogens with zero attached hydrogens (tertiary/aromatic N) is 1. The summed E-state index contributed by atoms with van der Waals surface area (Å²) in [6, 6.07) is 19.9. The van der Waals surface area contributed by atoms with Crippen LogP contribution in [-0.2, 0) is 13.2 Å². The zero-order valence-corrected chi connectivity index (χ0v) is 14.7. The lowest BCUT2D eigenvalue weighted by atomic mass is 10.2. The Kier molecular flexibility index (Phi) is 6.06. The molecule has 0 atom stereocenters. The van der Waals surface area contributed by atoms with Gasteiger partial charge in [0.25, 0.3) is 0 Å². The molecule has 0 saturated heterocycles. The summed E-state index contributed by atoms with van der Waals surface area (Å²) in [4.78, 5) is 16.2. The molecule has 3 aromatic rings. The average molecular weight is 368 g/mol. The minimum atomic E-state index is -0.276. The van der Waals surface area contributed by atoms with E-state index in [1.807, 2.05) is 30.3 Å². The number of benzene rings is 2. The van der Waals surface area contributed by atoms with Crippen molar-refractivity contribution < 1.29 is 9.53 Å². The molecule has 2 N–H and O–H groups in total. The topological polar surface area (TPSA) is 63.2 Å². The molecule has 0 unspecified atom stereocenters. The summed E-state index contributed by atoms with van der Waals surface area (Å²) in [6.45, 7) is 0.823. The van der Waals surface area contributed by atoms with E-state index in [0.717, 1.165) is 11.3 Å². The third-order valence-electron chi connectivity index (χ3n) is 3.59. The lowest BCUT2D eigenvalue weighted by Crippen LogP contribution is -2.28. The van der Waals surface area contributed by atoms with Crippen molar-refractivity contribution in [3.05, 3.63) is 89.2 Å². The molecule has 0 aliphatic rings. The molecule has 0 radical (unpaired) electrons. The highest BCUT2D eigenvalue weighted by Crippen LogP contribution is 2.17. The van der Waals surface area contributed by atoms with E-state index in [-0.39, 0.29) is 6.03 Å². The number of carbonyl (C=O) groups excluding carboxylic acids is 1. The molecule has 0 aliphatic heterocycles. The van der Waals surface area contributed by atoms with Gasteiger partial charge in [-0.05, 0) is 54.1 Å². The van der Waals surface area contributed by atoms with Crippen LogP contribution in [0, 0.1) is 0 Å². The van der Waals surface area contributed by atoms with E-state index in [1.165, 1.54) is 0 Å². The van der Waals surface area contributed by atoms with Gasteiger partial charge < -0.3 is 15.4 Å². The number of hydrogen-bond acceptors (Lipinski definition) is 3. The third kappa shape index (κ3) is 5.50. The Balaban J connectivity index is 1.45. The molecule has 2 amide bonds. The molecule has 26 heavy (non-hydrogen) atoms. The molecule has 3 rings (SSSR count). The van der Waals surface area contributed by atoms with Gasteiger partial charge in [-0.15, -0.1) is 0 Å². The number of pyridine rings is 1. The zero-order chi connectivity index (χ0) is 18.2. The number of carbonyl (C=O) groups is 1. The minimum absolute atomic E-state index is 0.276. The Hall–Kier alpha value is -3.05. The van der Waals surface area contributed by atoms with E-state index < -0.39 is 0 Å². The number of amides is 2. The van der Waals surface area contributed by atoms with Gasteiger partial charge in [0.2, 0.25) is 0 Å². The number of hydrogen-bond donors (Lipinski definition) is 2. The van der Waals surface area contributed by atoms with Crippen LogP contribution in [0.5, 0.6) is 5.75 Å². The number of aromatic nitrogens is 1. The third-order valence-corrected chi connectivity index (χ3v) is 3.84. The van der Waals surface area contributed by atoms with Gasteiger partial charge in [-0.1, -0.05) is 29.8 Å². The largest absolute Gasteiger partial charge is 0.487 e. The lowest BCUT2D eigenvalue weighted by molar-refractivity contribution is 0.251. The first-order chi connectivity index (χ1) is 12.7. The Morgan fingerprint density at radius 1 is 1.00 bits per heavy atom. The van der Waals surface area contributed by atoms with Gasteiger partial charge in [-0.2, -0.15) is 0 Å². The molecule has 0 spiro atoms. The van der Waals surface area contributed by atoms with Crippen molar-refractivity contribution in [3.63, 3.8) is 0 Å². The van der Waals surface area contributed by atoms with E-state index in [1.54, 1.807) is 42.6 Å². The zero-order valence-electron chi connectivity index (χ0n) is 14.0. The van der Waals surface area contributed by atoms with Gasteiger partial charge >= 0.3 is 6.03 Å². The molecule has 1 heterocycles. The van der Waals surface area contributed by atoms with E-state index in [2.05, 4.69) is 15.6 Å². The number of rotatable bonds is 6. The van der Waals surface area contributed by atoms with Crippen LogP contribution in [0.25, 0.3) is 0 Å². The first-order valence-electron chi connectivity index (χ1n) is 8.11. The highest BCUT2D eigenvalue weighted by Gasteiger charge is 2.03. The summed E-state index contributed by atoms with van der Waals surface area (Å²) in [6.07, 6.45) is 1.73. The van der Waals surface area contributed by atoms with E-state index in [0.29, 0.717) is 29.6 Å². The summed E-state index contributed by atoms with van der Waals surface area (Å²) >= 11 is 5.84. The van der Waals surface area contributed by atoms with E-state index in [9.17, 15) is 4.79 Å². The van der Waals surface area contributed by atoms with Gasteiger partial charge in [0.05, 0.1) is 5.69 Å². The highest BCUT2D eigenvalue weighted by molar-refractivity contribution is 6.30. The molecule has 0 bridgehead atoms. The molecule has 5 nitrogen and oxygen atoms in total. The van der Waals surface area contributed by atoms with E-state index in [4.69, 9.17) is 16.3 Å². The number of halogens is 1. The number of nitrogens with one attached hydrogen (secondary N) is 2. The molecule has 0 fully saturated rings. The fraction of sp³-hybridized carbons (Fsp3) is 0.100. The first-order valence-corrected chi connectivity index (χ1v) is 8.49. The van der Waals surface area contributed by atoms with Crippen molar-refractivity contribution in [1.29, 1.82) is 0 Å². The SMILES string of the molecule is O=C(NCc1ccc(Cl)cc1)Nc1ccc(OCc2ccccn2)cc1. The fourth-order valence-corrected chi connectivity index (χ4v) is 2.36. The molecule has 1 aromatic heterocycles. The van der Waals surface area contributed by atoms with Crippen LogP contribution in [0.4, 0.5) is 10.5 Å². The number of ether oxygens (including phenoxy) is 1. The van der Waals surface area contributed by atoms with Gasteiger partial charge in [0.15, 0.2) is 0 Å². The van der Waals surface area contributed by atoms with E-state index >= 15 is 0 Å². The molecule has 132 valence electrons. The van der Waals surface area contributed by atoms with Crippen molar-refractivity contribution in [2.75, 3.05) is 5.32 Å². The second-order valence-corrected chi connectivity index (χ2v) is 6.00. The van der Waals surface area contributed by atoms with Crippen molar-refractivity contribution in [2.24, 2.45) is 0 Å². The second-order valence-electron chi connectivity index (χ2n) is 5.57. The van der Waals surface area contributed by atoms with Gasteiger partial charge in [0, 0.05) is 23.5 Å². The monoisotopic (exact) mass is 367 g/mol. The molecular formula is C20H18ClN3O2. The standard InChI is InChI=1S/C20H18ClN3O2/c21-16-6-4-15(5-7-16)13-23-20(25)24-17-8-10-19(11-9-17)26-14-18-3-1-2-12-22-18/h1-12H,13-14H2,(H2,23,24,25). The fourth-order valence-electron chi connectivity index (χ4n) is 2.24. The van der Waals surface area contributed by atoms with Crippen LogP contribution in [-0.4, -0.2) is 11.0 Å². The lowest BCUT2D eigenvalue weighted by Gasteiger charge is -2.09. The number of urea groups is 1. The normalized spacial score (nSPS) is 10.2. The van der Waals surface area contributed by atoms with Crippen molar-refractivity contribution >= 4 is 23.3 Å².